The van der Waals surface area contributed by atoms with Gasteiger partial charge in [0, 0.05) is 7.05 Å². The molecule has 0 atom stereocenters. The number of imidazole rings is 1. The Bertz CT molecular complexity index is 1400. The quantitative estimate of drug-likeness (QED) is 0.407. The molecule has 0 spiro atoms. The van der Waals surface area contributed by atoms with Crippen LogP contribution in [0.3, 0.4) is 0 Å². The number of halogens is 2. The minimum atomic E-state index is -4.03. The minimum Gasteiger partial charge on any atom is -0.468 e. The van der Waals surface area contributed by atoms with Gasteiger partial charge in [0.2, 0.25) is 10.0 Å². The molecule has 0 saturated heterocycles. The first kappa shape index (κ1) is 22.3. The molecule has 0 aliphatic heterocycles. The smallest absolute Gasteiger partial charge is 0.253 e. The maximum atomic E-state index is 12.8. The van der Waals surface area contributed by atoms with Gasteiger partial charge in [-0.1, -0.05) is 35.3 Å². The van der Waals surface area contributed by atoms with E-state index in [4.69, 9.17) is 27.6 Å². The Kier molecular flexibility index (Phi) is 6.25. The highest BCUT2D eigenvalue weighted by atomic mass is 35.5. The van der Waals surface area contributed by atoms with Gasteiger partial charge in [-0.2, -0.15) is 0 Å². The van der Waals surface area contributed by atoms with E-state index in [9.17, 15) is 13.2 Å². The summed E-state index contributed by atoms with van der Waals surface area (Å²) in [5.41, 5.74) is 1.71. The number of hydrogen-bond acceptors (Lipinski definition) is 5. The number of hydrogen-bond donors (Lipinski definition) is 2. The number of fused-ring (bicyclic) bond motifs is 1. The molecule has 0 unspecified atom stereocenters. The summed E-state index contributed by atoms with van der Waals surface area (Å²) in [6.45, 7) is 0.0599. The van der Waals surface area contributed by atoms with Crippen molar-refractivity contribution in [3.8, 4) is 0 Å². The summed E-state index contributed by atoms with van der Waals surface area (Å²) in [6.07, 6.45) is 1.44. The lowest BCUT2D eigenvalue weighted by Crippen LogP contribution is -2.26. The van der Waals surface area contributed by atoms with Crippen LogP contribution in [-0.2, 0) is 30.2 Å². The van der Waals surface area contributed by atoms with Crippen LogP contribution in [-0.4, -0.2) is 23.9 Å². The molecule has 2 aromatic heterocycles. The molecule has 2 heterocycles. The summed E-state index contributed by atoms with van der Waals surface area (Å²) in [5, 5.41) is 2.66. The zero-order chi connectivity index (χ0) is 22.9. The molecular formula is C21H18Cl2N4O4S. The molecule has 0 bridgehead atoms. The number of rotatable bonds is 7. The van der Waals surface area contributed by atoms with Crippen molar-refractivity contribution < 1.29 is 17.6 Å². The molecule has 8 nitrogen and oxygen atoms in total. The second-order valence-corrected chi connectivity index (χ2v) is 9.47. The Balaban J connectivity index is 1.54. The maximum Gasteiger partial charge on any atom is 0.253 e. The van der Waals surface area contributed by atoms with Crippen molar-refractivity contribution in [2.45, 2.75) is 18.0 Å². The lowest BCUT2D eigenvalue weighted by Gasteiger charge is -2.12. The molecule has 4 aromatic rings. The van der Waals surface area contributed by atoms with E-state index < -0.39 is 15.9 Å². The van der Waals surface area contributed by atoms with Gasteiger partial charge in [0.15, 0.2) is 0 Å². The van der Waals surface area contributed by atoms with Gasteiger partial charge in [0.05, 0.1) is 46.0 Å². The number of sulfonamides is 1. The summed E-state index contributed by atoms with van der Waals surface area (Å²) >= 11 is 12.3. The topological polar surface area (TPSA) is 106 Å². The van der Waals surface area contributed by atoms with Crippen LogP contribution in [0.15, 0.2) is 64.1 Å². The van der Waals surface area contributed by atoms with E-state index in [1.54, 1.807) is 12.1 Å². The minimum absolute atomic E-state index is 0.0202. The lowest BCUT2D eigenvalue weighted by atomic mass is 10.2. The number of benzene rings is 2. The first-order chi connectivity index (χ1) is 15.3. The number of nitrogens with one attached hydrogen (secondary N) is 2. The van der Waals surface area contributed by atoms with Crippen LogP contribution in [0.5, 0.6) is 0 Å². The first-order valence-electron chi connectivity index (χ1n) is 9.46. The number of carbonyl (C=O) groups is 1. The Hall–Kier alpha value is -2.85. The third-order valence-electron chi connectivity index (χ3n) is 4.86. The molecule has 0 fully saturated rings. The average Bonchev–Trinajstić information content (AvgIpc) is 3.39. The fourth-order valence-electron chi connectivity index (χ4n) is 3.17. The van der Waals surface area contributed by atoms with Crippen LogP contribution in [0, 0.1) is 0 Å². The summed E-state index contributed by atoms with van der Waals surface area (Å²) in [5.74, 6) is 0.512. The second-order valence-electron chi connectivity index (χ2n) is 6.92. The van der Waals surface area contributed by atoms with Crippen LogP contribution in [0.25, 0.3) is 11.0 Å². The molecule has 2 aromatic carbocycles. The molecule has 0 aliphatic carbocycles. The van der Waals surface area contributed by atoms with Crippen LogP contribution in [0.2, 0.25) is 10.0 Å². The fraction of sp³-hybridized carbons (Fsp3) is 0.143. The standard InChI is InChI=1S/C21H18Cl2N4O4S/c1-27-18-7-3-2-6-17(18)26-20(27)12-24-21(28)14-9-19(16(23)10-15(14)22)32(29,30)25-11-13-5-4-8-31-13/h2-10,25H,11-12H2,1H3,(H,24,28). The normalized spacial score (nSPS) is 11.7. The largest absolute Gasteiger partial charge is 0.468 e. The molecular weight excluding hydrogens is 475 g/mol. The van der Waals surface area contributed by atoms with E-state index in [1.807, 2.05) is 35.9 Å². The lowest BCUT2D eigenvalue weighted by molar-refractivity contribution is 0.0949. The van der Waals surface area contributed by atoms with Crippen LogP contribution < -0.4 is 10.0 Å². The summed E-state index contributed by atoms with van der Waals surface area (Å²) in [4.78, 5) is 17.0. The molecule has 0 saturated carbocycles. The van der Waals surface area contributed by atoms with E-state index in [-0.39, 0.29) is 33.6 Å². The zero-order valence-corrected chi connectivity index (χ0v) is 19.1. The van der Waals surface area contributed by atoms with E-state index in [0.717, 1.165) is 17.1 Å². The molecule has 2 N–H and O–H groups in total. The van der Waals surface area contributed by atoms with E-state index in [1.165, 1.54) is 12.3 Å². The third-order valence-corrected chi connectivity index (χ3v) is 7.04. The van der Waals surface area contributed by atoms with Gasteiger partial charge in [-0.25, -0.2) is 18.1 Å². The van der Waals surface area contributed by atoms with Crippen molar-refractivity contribution in [1.82, 2.24) is 19.6 Å². The molecule has 32 heavy (non-hydrogen) atoms. The molecule has 166 valence electrons. The number of carbonyl (C=O) groups excluding carboxylic acids is 1. The highest BCUT2D eigenvalue weighted by Crippen LogP contribution is 2.29. The average molecular weight is 493 g/mol. The Morgan fingerprint density at radius 2 is 1.88 bits per heavy atom. The van der Waals surface area contributed by atoms with Crippen LogP contribution in [0.1, 0.15) is 21.9 Å². The summed E-state index contributed by atoms with van der Waals surface area (Å²) in [7, 11) is -2.18. The van der Waals surface area contributed by atoms with Crippen molar-refractivity contribution in [3.63, 3.8) is 0 Å². The number of aromatic nitrogens is 2. The molecule has 11 heteroatoms. The van der Waals surface area contributed by atoms with Gasteiger partial charge < -0.3 is 14.3 Å². The van der Waals surface area contributed by atoms with E-state index in [0.29, 0.717) is 11.6 Å². The molecule has 4 rings (SSSR count). The first-order valence-corrected chi connectivity index (χ1v) is 11.7. The third kappa shape index (κ3) is 4.51. The van der Waals surface area contributed by atoms with Gasteiger partial charge in [0.25, 0.3) is 5.91 Å². The van der Waals surface area contributed by atoms with Crippen molar-refractivity contribution >= 4 is 50.2 Å². The van der Waals surface area contributed by atoms with Gasteiger partial charge >= 0.3 is 0 Å². The van der Waals surface area contributed by atoms with Gasteiger partial charge in [0.1, 0.15) is 16.5 Å². The zero-order valence-electron chi connectivity index (χ0n) is 16.8. The molecule has 1 amide bonds. The number of amides is 1. The van der Waals surface area contributed by atoms with Crippen LogP contribution >= 0.6 is 23.2 Å². The monoisotopic (exact) mass is 492 g/mol. The van der Waals surface area contributed by atoms with Crippen molar-refractivity contribution in [2.24, 2.45) is 7.05 Å². The SMILES string of the molecule is Cn1c(CNC(=O)c2cc(S(=O)(=O)NCc3ccco3)c(Cl)cc2Cl)nc2ccccc21. The predicted molar refractivity (Wildman–Crippen MR) is 121 cm³/mol. The second kappa shape index (κ2) is 8.95. The van der Waals surface area contributed by atoms with E-state index in [2.05, 4.69) is 15.0 Å². The predicted octanol–water partition coefficient (Wildman–Crippen LogP) is 3.88. The molecule has 0 radical (unpaired) electrons. The Morgan fingerprint density at radius 1 is 1.09 bits per heavy atom. The van der Waals surface area contributed by atoms with Crippen molar-refractivity contribution in [1.29, 1.82) is 0 Å². The Morgan fingerprint density at radius 3 is 2.59 bits per heavy atom. The van der Waals surface area contributed by atoms with E-state index >= 15 is 0 Å². The fourth-order valence-corrected chi connectivity index (χ4v) is 5.02. The highest BCUT2D eigenvalue weighted by Gasteiger charge is 2.23. The highest BCUT2D eigenvalue weighted by molar-refractivity contribution is 7.89. The van der Waals surface area contributed by atoms with Gasteiger partial charge in [-0.05, 0) is 36.4 Å². The Labute approximate surface area is 194 Å². The van der Waals surface area contributed by atoms with Crippen molar-refractivity contribution in [3.05, 3.63) is 82.0 Å². The van der Waals surface area contributed by atoms with Crippen molar-refractivity contribution in [2.75, 3.05) is 0 Å². The molecule has 0 aliphatic rings. The number of para-hydroxylation sites is 2. The van der Waals surface area contributed by atoms with Crippen LogP contribution in [0.4, 0.5) is 0 Å². The number of aryl methyl sites for hydroxylation is 1. The maximum absolute atomic E-state index is 12.8. The number of furan rings is 1. The number of nitrogens with zero attached hydrogens (tertiary/aromatic N) is 2. The summed E-state index contributed by atoms with van der Waals surface area (Å²) < 4.78 is 34.9. The van der Waals surface area contributed by atoms with Gasteiger partial charge in [-0.3, -0.25) is 4.79 Å². The van der Waals surface area contributed by atoms with Gasteiger partial charge in [-0.15, -0.1) is 0 Å². The summed E-state index contributed by atoms with van der Waals surface area (Å²) in [6, 6.07) is 13.3.